The predicted molar refractivity (Wildman–Crippen MR) is 109 cm³/mol. The Labute approximate surface area is 168 Å². The minimum atomic E-state index is -0.655. The minimum Gasteiger partial charge on any atom is -0.378 e. The molecule has 1 aromatic carbocycles. The van der Waals surface area contributed by atoms with Gasteiger partial charge in [-0.2, -0.15) is 9.98 Å². The molecule has 3 rings (SSSR count). The molecule has 0 aliphatic carbocycles. The molecule has 0 unspecified atom stereocenters. The van der Waals surface area contributed by atoms with Gasteiger partial charge in [0.1, 0.15) is 10.5 Å². The molecule has 146 valence electrons. The van der Waals surface area contributed by atoms with Crippen LogP contribution in [0.4, 0.5) is 11.4 Å². The number of hydrogen-bond acceptors (Lipinski definition) is 8. The molecule has 28 heavy (non-hydrogen) atoms. The molecule has 0 saturated heterocycles. The van der Waals surface area contributed by atoms with Gasteiger partial charge in [-0.1, -0.05) is 35.7 Å². The molecule has 0 bridgehead atoms. The summed E-state index contributed by atoms with van der Waals surface area (Å²) in [5.41, 5.74) is 11.7. The molecule has 2 heterocycles. The number of aliphatic imine (C=N–C) groups is 2. The number of amidine groups is 2. The maximum atomic E-state index is 12.3. The number of benzene rings is 1. The van der Waals surface area contributed by atoms with Gasteiger partial charge >= 0.3 is 0 Å². The van der Waals surface area contributed by atoms with E-state index in [1.54, 1.807) is 24.3 Å². The highest BCUT2D eigenvalue weighted by Crippen LogP contribution is 2.27. The van der Waals surface area contributed by atoms with Gasteiger partial charge in [-0.05, 0) is 12.1 Å². The molecule has 4 amide bonds. The summed E-state index contributed by atoms with van der Waals surface area (Å²) in [6.07, 6.45) is -0.195. The van der Waals surface area contributed by atoms with Crippen LogP contribution in [-0.2, 0) is 19.2 Å². The summed E-state index contributed by atoms with van der Waals surface area (Å²) in [4.78, 5) is 54.9. The summed E-state index contributed by atoms with van der Waals surface area (Å²) >= 11 is 2.08. The van der Waals surface area contributed by atoms with Gasteiger partial charge in [0.25, 0.3) is 11.8 Å². The molecule has 6 N–H and O–H groups in total. The monoisotopic (exact) mass is 420 g/mol. The molecule has 2 aliphatic heterocycles. The van der Waals surface area contributed by atoms with Crippen LogP contribution in [0.25, 0.3) is 0 Å². The van der Waals surface area contributed by atoms with Gasteiger partial charge in [-0.3, -0.25) is 19.2 Å². The second kappa shape index (κ2) is 8.44. The summed E-state index contributed by atoms with van der Waals surface area (Å²) in [5, 5.41) is 4.29. The third kappa shape index (κ3) is 4.89. The number of carbonyl (C=O) groups excluding carboxylic acids is 4. The predicted octanol–water partition coefficient (Wildman–Crippen LogP) is 0.257. The second-order valence-corrected chi connectivity index (χ2v) is 8.29. The molecule has 0 fully saturated rings. The first-order valence-electron chi connectivity index (χ1n) is 8.10. The van der Waals surface area contributed by atoms with E-state index < -0.39 is 34.1 Å². The lowest BCUT2D eigenvalue weighted by molar-refractivity contribution is -0.121. The quantitative estimate of drug-likeness (QED) is 0.508. The van der Waals surface area contributed by atoms with Crippen molar-refractivity contribution < 1.29 is 19.2 Å². The van der Waals surface area contributed by atoms with Crippen LogP contribution in [0.1, 0.15) is 12.8 Å². The average molecular weight is 420 g/mol. The maximum absolute atomic E-state index is 12.3. The lowest BCUT2D eigenvalue weighted by atomic mass is 10.2. The van der Waals surface area contributed by atoms with Crippen molar-refractivity contribution in [3.63, 3.8) is 0 Å². The maximum Gasteiger partial charge on any atom is 0.262 e. The van der Waals surface area contributed by atoms with E-state index in [0.717, 1.165) is 23.5 Å². The Morgan fingerprint density at radius 2 is 1.25 bits per heavy atom. The number of nitrogens with zero attached hydrogens (tertiary/aromatic N) is 2. The number of thioether (sulfide) groups is 2. The molecule has 10 nitrogen and oxygen atoms in total. The summed E-state index contributed by atoms with van der Waals surface area (Å²) in [6.45, 7) is 0. The molecule has 12 heteroatoms. The van der Waals surface area contributed by atoms with E-state index in [1.807, 2.05) is 0 Å². The highest BCUT2D eigenvalue weighted by atomic mass is 32.2. The van der Waals surface area contributed by atoms with Crippen molar-refractivity contribution in [2.75, 3.05) is 10.6 Å². The smallest absolute Gasteiger partial charge is 0.262 e. The Balaban J connectivity index is 1.58. The molecule has 1 aromatic rings. The summed E-state index contributed by atoms with van der Waals surface area (Å²) in [6, 6.07) is 6.59. The number of rotatable bonds is 6. The SMILES string of the molecule is NC1=NC(=O)[C@H](CC(=O)Nc2ccccc2NC(=O)C[C@H]2SC(N)=NC2=O)S1. The molecule has 2 atom stereocenters. The Bertz CT molecular complexity index is 843. The van der Waals surface area contributed by atoms with E-state index in [0.29, 0.717) is 11.4 Å². The van der Waals surface area contributed by atoms with E-state index in [2.05, 4.69) is 20.6 Å². The van der Waals surface area contributed by atoms with Crippen LogP contribution >= 0.6 is 23.5 Å². The standard InChI is InChI=1S/C16H16N6O4S2/c17-15-21-13(25)9(27-15)5-11(23)19-7-3-1-2-4-8(7)20-12(24)6-10-14(26)22-16(18)28-10/h1-4,9-10H,5-6H2,(H,19,23)(H,20,24)(H2,17,21,25)(H2,18,22,26)/t9-,10+. The number of anilines is 2. The van der Waals surface area contributed by atoms with Gasteiger partial charge in [0, 0.05) is 12.8 Å². The van der Waals surface area contributed by atoms with Gasteiger partial charge in [-0.15, -0.1) is 0 Å². The van der Waals surface area contributed by atoms with E-state index >= 15 is 0 Å². The highest BCUT2D eigenvalue weighted by Gasteiger charge is 2.30. The van der Waals surface area contributed by atoms with Crippen LogP contribution in [0.5, 0.6) is 0 Å². The number of para-hydroxylation sites is 2. The fourth-order valence-electron chi connectivity index (χ4n) is 2.50. The Morgan fingerprint density at radius 3 is 1.57 bits per heavy atom. The van der Waals surface area contributed by atoms with Crippen molar-refractivity contribution in [2.45, 2.75) is 23.3 Å². The molecule has 0 radical (unpaired) electrons. The van der Waals surface area contributed by atoms with Gasteiger partial charge in [-0.25, -0.2) is 0 Å². The zero-order valence-electron chi connectivity index (χ0n) is 14.4. The molecule has 0 saturated carbocycles. The number of nitrogens with one attached hydrogen (secondary N) is 2. The van der Waals surface area contributed by atoms with E-state index in [-0.39, 0.29) is 23.2 Å². The zero-order valence-corrected chi connectivity index (χ0v) is 16.0. The average Bonchev–Trinajstić information content (AvgIpc) is 3.09. The van der Waals surface area contributed by atoms with E-state index in [4.69, 9.17) is 11.5 Å². The van der Waals surface area contributed by atoms with E-state index in [1.165, 1.54) is 0 Å². The van der Waals surface area contributed by atoms with Crippen molar-refractivity contribution in [1.82, 2.24) is 0 Å². The van der Waals surface area contributed by atoms with E-state index in [9.17, 15) is 19.2 Å². The number of carbonyl (C=O) groups is 4. The third-order valence-electron chi connectivity index (χ3n) is 3.73. The van der Waals surface area contributed by atoms with Gasteiger partial charge < -0.3 is 22.1 Å². The van der Waals surface area contributed by atoms with Crippen LogP contribution in [-0.4, -0.2) is 44.5 Å². The number of nitrogens with two attached hydrogens (primary N) is 2. The first-order valence-corrected chi connectivity index (χ1v) is 9.86. The topological polar surface area (TPSA) is 169 Å². The summed E-state index contributed by atoms with van der Waals surface area (Å²) in [7, 11) is 0. The second-order valence-electron chi connectivity index (χ2n) is 5.84. The zero-order chi connectivity index (χ0) is 20.3. The van der Waals surface area contributed by atoms with Crippen molar-refractivity contribution in [3.05, 3.63) is 24.3 Å². The largest absolute Gasteiger partial charge is 0.378 e. The van der Waals surface area contributed by atoms with Crippen molar-refractivity contribution >= 4 is 68.9 Å². The van der Waals surface area contributed by atoms with Crippen molar-refractivity contribution in [3.8, 4) is 0 Å². The van der Waals surface area contributed by atoms with Crippen LogP contribution in [0.15, 0.2) is 34.3 Å². The lowest BCUT2D eigenvalue weighted by Crippen LogP contribution is -2.24. The Morgan fingerprint density at radius 1 is 0.857 bits per heavy atom. The molecule has 0 aromatic heterocycles. The van der Waals surface area contributed by atoms with Crippen molar-refractivity contribution in [2.24, 2.45) is 21.5 Å². The Hall–Kier alpha value is -2.86. The lowest BCUT2D eigenvalue weighted by Gasteiger charge is -2.14. The highest BCUT2D eigenvalue weighted by molar-refractivity contribution is 8.15. The first kappa shape index (κ1) is 19.9. The summed E-state index contributed by atoms with van der Waals surface area (Å²) in [5.74, 6) is -1.72. The molecular weight excluding hydrogens is 404 g/mol. The van der Waals surface area contributed by atoms with Crippen LogP contribution in [0, 0.1) is 0 Å². The number of hydrogen-bond donors (Lipinski definition) is 4. The van der Waals surface area contributed by atoms with Crippen molar-refractivity contribution in [1.29, 1.82) is 0 Å². The van der Waals surface area contributed by atoms with Gasteiger partial charge in [0.2, 0.25) is 11.8 Å². The molecule has 2 aliphatic rings. The Kier molecular flexibility index (Phi) is 5.99. The van der Waals surface area contributed by atoms with Gasteiger partial charge in [0.05, 0.1) is 11.4 Å². The number of amides is 4. The minimum absolute atomic E-state index is 0.0974. The normalized spacial score (nSPS) is 21.3. The third-order valence-corrected chi connectivity index (χ3v) is 5.71. The fourth-order valence-corrected chi connectivity index (χ4v) is 4.15. The fraction of sp³-hybridized carbons (Fsp3) is 0.250. The van der Waals surface area contributed by atoms with Gasteiger partial charge in [0.15, 0.2) is 10.3 Å². The molecule has 0 spiro atoms. The van der Waals surface area contributed by atoms with Crippen LogP contribution in [0.3, 0.4) is 0 Å². The molecular formula is C16H16N6O4S2. The van der Waals surface area contributed by atoms with Crippen LogP contribution in [0.2, 0.25) is 0 Å². The first-order chi connectivity index (χ1) is 13.3. The summed E-state index contributed by atoms with van der Waals surface area (Å²) < 4.78 is 0. The van der Waals surface area contributed by atoms with Crippen LogP contribution < -0.4 is 22.1 Å².